The number of nitrogens with one attached hydrogen (secondary N) is 1. The molecule has 0 radical (unpaired) electrons. The summed E-state index contributed by atoms with van der Waals surface area (Å²) in [6, 6.07) is 5.09. The Hall–Kier alpha value is -4.19. The van der Waals surface area contributed by atoms with E-state index in [1.807, 2.05) is 6.92 Å². The largest absolute Gasteiger partial charge is 0.382 e. The summed E-state index contributed by atoms with van der Waals surface area (Å²) in [5, 5.41) is 7.24. The number of halogens is 2. The predicted octanol–water partition coefficient (Wildman–Crippen LogP) is 3.07. The number of imidazole rings is 1. The molecule has 186 valence electrons. The van der Waals surface area contributed by atoms with Gasteiger partial charge in [0.1, 0.15) is 11.5 Å². The minimum absolute atomic E-state index is 0.0948. The smallest absolute Gasteiger partial charge is 0.290 e. The summed E-state index contributed by atoms with van der Waals surface area (Å²) in [5.41, 5.74) is 2.37. The molecule has 3 aromatic heterocycles. The van der Waals surface area contributed by atoms with Crippen LogP contribution in [0.15, 0.2) is 42.9 Å². The number of methoxy groups -OCH3 is 1. The molecule has 10 nitrogen and oxygen atoms in total. The molecule has 4 heterocycles. The Morgan fingerprint density at radius 2 is 2.03 bits per heavy atom. The Morgan fingerprint density at radius 1 is 1.19 bits per heavy atom. The first-order chi connectivity index (χ1) is 17.3. The summed E-state index contributed by atoms with van der Waals surface area (Å²) in [7, 11) is 3.35. The van der Waals surface area contributed by atoms with Crippen LogP contribution >= 0.6 is 0 Å². The highest BCUT2D eigenvalue weighted by Gasteiger charge is 2.35. The maximum absolute atomic E-state index is 13.8. The van der Waals surface area contributed by atoms with Gasteiger partial charge in [0.2, 0.25) is 5.95 Å². The number of anilines is 2. The Balaban J connectivity index is 1.46. The molecule has 4 aromatic rings. The molecule has 1 aromatic carbocycles. The van der Waals surface area contributed by atoms with Gasteiger partial charge in [0.25, 0.3) is 5.91 Å². The third kappa shape index (κ3) is 4.42. The number of nitrogens with zero attached hydrogens (tertiary/aromatic N) is 7. The Kier molecular flexibility index (Phi) is 6.18. The lowest BCUT2D eigenvalue weighted by Gasteiger charge is -2.35. The molecular weight excluding hydrogens is 470 g/mol. The zero-order valence-electron chi connectivity index (χ0n) is 19.9. The van der Waals surface area contributed by atoms with E-state index in [9.17, 15) is 13.6 Å². The molecule has 1 amide bonds. The van der Waals surface area contributed by atoms with E-state index in [0.717, 1.165) is 23.5 Å². The van der Waals surface area contributed by atoms with Gasteiger partial charge in [-0.05, 0) is 30.2 Å². The van der Waals surface area contributed by atoms with Gasteiger partial charge in [-0.1, -0.05) is 6.07 Å². The van der Waals surface area contributed by atoms with E-state index in [1.165, 1.54) is 6.07 Å². The number of aromatic nitrogens is 6. The van der Waals surface area contributed by atoms with Crippen molar-refractivity contribution < 1.29 is 18.3 Å². The molecule has 5 rings (SSSR count). The first-order valence-corrected chi connectivity index (χ1v) is 11.2. The van der Waals surface area contributed by atoms with Crippen LogP contribution in [0.2, 0.25) is 0 Å². The molecule has 12 heteroatoms. The number of carbonyl (C=O) groups is 1. The highest BCUT2D eigenvalue weighted by atomic mass is 19.2. The zero-order chi connectivity index (χ0) is 25.4. The van der Waals surface area contributed by atoms with E-state index in [-0.39, 0.29) is 30.9 Å². The summed E-state index contributed by atoms with van der Waals surface area (Å²) >= 11 is 0. The predicted molar refractivity (Wildman–Crippen MR) is 126 cm³/mol. The quantitative estimate of drug-likeness (QED) is 0.421. The van der Waals surface area contributed by atoms with Crippen molar-refractivity contribution in [2.24, 2.45) is 7.05 Å². The van der Waals surface area contributed by atoms with E-state index in [2.05, 4.69) is 25.4 Å². The van der Waals surface area contributed by atoms with Gasteiger partial charge in [0.05, 0.1) is 24.5 Å². The van der Waals surface area contributed by atoms with Gasteiger partial charge >= 0.3 is 0 Å². The number of ether oxygens (including phenoxy) is 1. The van der Waals surface area contributed by atoms with Crippen molar-refractivity contribution in [2.75, 3.05) is 19.0 Å². The van der Waals surface area contributed by atoms with Crippen LogP contribution < -0.4 is 5.32 Å². The Labute approximate surface area is 205 Å². The molecule has 1 aliphatic heterocycles. The van der Waals surface area contributed by atoms with Crippen LogP contribution in [0.4, 0.5) is 20.5 Å². The SMILES string of the molecule is COCC1Cn2cc(-c3nc(Nc4ccnn4C)ncc3C)nc2C(=O)N1Cc1ccc(F)c(F)c1. The summed E-state index contributed by atoms with van der Waals surface area (Å²) in [5.74, 6) is -0.903. The van der Waals surface area contributed by atoms with Gasteiger partial charge in [-0.25, -0.2) is 23.7 Å². The Morgan fingerprint density at radius 3 is 2.75 bits per heavy atom. The average molecular weight is 495 g/mol. The molecule has 1 unspecified atom stereocenters. The molecule has 0 fully saturated rings. The van der Waals surface area contributed by atoms with Gasteiger partial charge in [-0.2, -0.15) is 5.10 Å². The number of aryl methyl sites for hydroxylation is 2. The minimum atomic E-state index is -0.959. The second-order valence-corrected chi connectivity index (χ2v) is 8.58. The van der Waals surface area contributed by atoms with Gasteiger partial charge < -0.3 is 19.5 Å². The standard InChI is InChI=1S/C24H24F2N8O2/c1-14-9-27-24(30-20-6-7-28-32(20)2)31-21(14)19-12-33-11-16(13-36-3)34(23(35)22(33)29-19)10-15-4-5-17(25)18(26)8-15/h4-9,12,16H,10-11,13H2,1-3H3,(H,27,30,31). The maximum Gasteiger partial charge on any atom is 0.290 e. The third-order valence-electron chi connectivity index (χ3n) is 6.05. The fourth-order valence-corrected chi connectivity index (χ4v) is 4.20. The molecule has 36 heavy (non-hydrogen) atoms. The third-order valence-corrected chi connectivity index (χ3v) is 6.05. The van der Waals surface area contributed by atoms with Crippen molar-refractivity contribution in [1.82, 2.24) is 34.2 Å². The lowest BCUT2D eigenvalue weighted by atomic mass is 10.1. The topological polar surface area (TPSA) is 103 Å². The van der Waals surface area contributed by atoms with Gasteiger partial charge in [-0.15, -0.1) is 0 Å². The fraction of sp³-hybridized carbons (Fsp3) is 0.292. The number of carbonyl (C=O) groups excluding carboxylic acids is 1. The number of amides is 1. The maximum atomic E-state index is 13.8. The van der Waals surface area contributed by atoms with E-state index >= 15 is 0 Å². The van der Waals surface area contributed by atoms with E-state index < -0.39 is 11.6 Å². The number of hydrogen-bond donors (Lipinski definition) is 1. The molecule has 1 N–H and O–H groups in total. The molecular formula is C24H24F2N8O2. The number of hydrogen-bond acceptors (Lipinski definition) is 7. The van der Waals surface area contributed by atoms with Crippen LogP contribution in [0.1, 0.15) is 21.7 Å². The second kappa shape index (κ2) is 9.46. The summed E-state index contributed by atoms with van der Waals surface area (Å²) in [6.45, 7) is 2.66. The molecule has 0 saturated carbocycles. The van der Waals surface area contributed by atoms with E-state index in [0.29, 0.717) is 29.4 Å². The average Bonchev–Trinajstić information content (AvgIpc) is 3.46. The zero-order valence-corrected chi connectivity index (χ0v) is 19.9. The van der Waals surface area contributed by atoms with Crippen molar-refractivity contribution in [3.8, 4) is 11.4 Å². The monoisotopic (exact) mass is 494 g/mol. The first-order valence-electron chi connectivity index (χ1n) is 11.2. The highest BCUT2D eigenvalue weighted by Crippen LogP contribution is 2.27. The van der Waals surface area contributed by atoms with Crippen LogP contribution in [0.3, 0.4) is 0 Å². The summed E-state index contributed by atoms with van der Waals surface area (Å²) < 4.78 is 35.9. The first kappa shape index (κ1) is 23.5. The molecule has 0 bridgehead atoms. The molecule has 0 spiro atoms. The minimum Gasteiger partial charge on any atom is -0.382 e. The van der Waals surface area contributed by atoms with Crippen molar-refractivity contribution in [3.05, 3.63) is 71.4 Å². The lowest BCUT2D eigenvalue weighted by Crippen LogP contribution is -2.49. The van der Waals surface area contributed by atoms with Crippen LogP contribution in [-0.2, 0) is 24.9 Å². The van der Waals surface area contributed by atoms with Crippen molar-refractivity contribution >= 4 is 17.7 Å². The summed E-state index contributed by atoms with van der Waals surface area (Å²) in [6.07, 6.45) is 5.13. The van der Waals surface area contributed by atoms with Crippen molar-refractivity contribution in [2.45, 2.75) is 26.1 Å². The second-order valence-electron chi connectivity index (χ2n) is 8.58. The van der Waals surface area contributed by atoms with E-state index in [4.69, 9.17) is 4.74 Å². The number of fused-ring (bicyclic) bond motifs is 1. The normalized spacial score (nSPS) is 15.3. The van der Waals surface area contributed by atoms with Crippen molar-refractivity contribution in [1.29, 1.82) is 0 Å². The molecule has 0 saturated heterocycles. The van der Waals surface area contributed by atoms with Gasteiger partial charge in [-0.3, -0.25) is 9.48 Å². The number of rotatable bonds is 7. The van der Waals surface area contributed by atoms with Gasteiger partial charge in [0.15, 0.2) is 17.5 Å². The van der Waals surface area contributed by atoms with Crippen molar-refractivity contribution in [3.63, 3.8) is 0 Å². The van der Waals surface area contributed by atoms with Crippen LogP contribution in [-0.4, -0.2) is 59.9 Å². The molecule has 1 aliphatic rings. The van der Waals surface area contributed by atoms with Crippen LogP contribution in [0, 0.1) is 18.6 Å². The molecule has 1 atom stereocenters. The van der Waals surface area contributed by atoms with Crippen LogP contribution in [0.5, 0.6) is 0 Å². The van der Waals surface area contributed by atoms with E-state index in [1.54, 1.807) is 53.0 Å². The summed E-state index contributed by atoms with van der Waals surface area (Å²) in [4.78, 5) is 28.6. The number of benzene rings is 1. The van der Waals surface area contributed by atoms with Gasteiger partial charge in [0, 0.05) is 45.7 Å². The van der Waals surface area contributed by atoms with Crippen LogP contribution in [0.25, 0.3) is 11.4 Å². The Bertz CT molecular complexity index is 1430. The fourth-order valence-electron chi connectivity index (χ4n) is 4.20. The lowest BCUT2D eigenvalue weighted by molar-refractivity contribution is 0.0379. The molecule has 0 aliphatic carbocycles. The highest BCUT2D eigenvalue weighted by molar-refractivity contribution is 5.92.